The molecule has 2 atom stereocenters. The Balaban J connectivity index is 1.81. The summed E-state index contributed by atoms with van der Waals surface area (Å²) in [4.78, 5) is 24.5. The minimum absolute atomic E-state index is 0.125. The maximum atomic E-state index is 13.4. The van der Waals surface area contributed by atoms with Gasteiger partial charge in [0.15, 0.2) is 0 Å². The van der Waals surface area contributed by atoms with E-state index in [4.69, 9.17) is 0 Å². The van der Waals surface area contributed by atoms with Crippen molar-refractivity contribution in [1.29, 1.82) is 0 Å². The van der Waals surface area contributed by atoms with Crippen LogP contribution in [0.3, 0.4) is 0 Å². The quantitative estimate of drug-likeness (QED) is 0.786. The molecule has 0 bridgehead atoms. The fourth-order valence-corrected chi connectivity index (χ4v) is 3.05. The molecule has 0 aromatic heterocycles. The first kappa shape index (κ1) is 18.9. The monoisotopic (exact) mass is 380 g/mol. The number of fused-ring (bicyclic) bond motifs is 1. The Labute approximate surface area is 152 Å². The van der Waals surface area contributed by atoms with Gasteiger partial charge in [-0.05, 0) is 42.3 Å². The summed E-state index contributed by atoms with van der Waals surface area (Å²) >= 11 is 0. The topological polar surface area (TPSA) is 58.2 Å². The molecule has 3 rings (SSSR count). The molecule has 8 heteroatoms. The number of hydrogen-bond donors (Lipinski definition) is 2. The second-order valence-electron chi connectivity index (χ2n) is 6.39. The zero-order valence-corrected chi connectivity index (χ0v) is 14.2. The molecule has 0 radical (unpaired) electrons. The number of halogens is 4. The third kappa shape index (κ3) is 4.10. The molecule has 1 heterocycles. The van der Waals surface area contributed by atoms with Crippen LogP contribution < -0.4 is 10.6 Å². The fraction of sp³-hybridized carbons (Fsp3) is 0.263. The Hall–Kier alpha value is -2.90. The predicted molar refractivity (Wildman–Crippen MR) is 90.4 cm³/mol. The number of carbonyl (C=O) groups is 2. The van der Waals surface area contributed by atoms with Crippen molar-refractivity contribution in [2.24, 2.45) is 0 Å². The van der Waals surface area contributed by atoms with Gasteiger partial charge in [-0.15, -0.1) is 0 Å². The Morgan fingerprint density at radius 1 is 1.22 bits per heavy atom. The number of benzene rings is 2. The normalized spacial score (nSPS) is 17.7. The van der Waals surface area contributed by atoms with Crippen LogP contribution in [0.5, 0.6) is 0 Å². The molecule has 2 aromatic rings. The van der Waals surface area contributed by atoms with Gasteiger partial charge in [0, 0.05) is 12.1 Å². The number of alkyl halides is 3. The van der Waals surface area contributed by atoms with E-state index in [1.165, 1.54) is 24.3 Å². The molecule has 0 saturated carbocycles. The molecule has 1 aliphatic heterocycles. The lowest BCUT2D eigenvalue weighted by Crippen LogP contribution is -2.36. The lowest BCUT2D eigenvalue weighted by Gasteiger charge is -2.26. The SMILES string of the molecule is CC(NC(=O)C1CC(=O)Nc2cc(F)ccc21)c1cccc(C(F)(F)F)c1. The summed E-state index contributed by atoms with van der Waals surface area (Å²) in [5.74, 6) is -2.34. The van der Waals surface area contributed by atoms with Crippen molar-refractivity contribution in [1.82, 2.24) is 5.32 Å². The van der Waals surface area contributed by atoms with Crippen molar-refractivity contribution in [2.45, 2.75) is 31.5 Å². The molecule has 4 nitrogen and oxygen atoms in total. The van der Waals surface area contributed by atoms with Crippen LogP contribution in [0.4, 0.5) is 23.2 Å². The Kier molecular flexibility index (Phi) is 4.91. The Morgan fingerprint density at radius 3 is 2.67 bits per heavy atom. The largest absolute Gasteiger partial charge is 0.416 e. The second-order valence-corrected chi connectivity index (χ2v) is 6.39. The van der Waals surface area contributed by atoms with Gasteiger partial charge in [0.2, 0.25) is 11.8 Å². The van der Waals surface area contributed by atoms with Crippen LogP contribution in [0.25, 0.3) is 0 Å². The van der Waals surface area contributed by atoms with E-state index in [2.05, 4.69) is 10.6 Å². The van der Waals surface area contributed by atoms with E-state index in [1.807, 2.05) is 0 Å². The van der Waals surface area contributed by atoms with Gasteiger partial charge >= 0.3 is 6.18 Å². The van der Waals surface area contributed by atoms with Crippen molar-refractivity contribution in [2.75, 3.05) is 5.32 Å². The molecular formula is C19H16F4N2O2. The van der Waals surface area contributed by atoms with Gasteiger partial charge in [-0.1, -0.05) is 18.2 Å². The smallest absolute Gasteiger partial charge is 0.349 e. The van der Waals surface area contributed by atoms with Crippen molar-refractivity contribution in [3.05, 3.63) is 65.0 Å². The van der Waals surface area contributed by atoms with E-state index < -0.39 is 41.3 Å². The van der Waals surface area contributed by atoms with Crippen LogP contribution in [0, 0.1) is 5.82 Å². The van der Waals surface area contributed by atoms with E-state index in [9.17, 15) is 27.2 Å². The number of rotatable bonds is 3. The van der Waals surface area contributed by atoms with Gasteiger partial charge in [0.25, 0.3) is 0 Å². The molecule has 2 aromatic carbocycles. The van der Waals surface area contributed by atoms with Crippen LogP contribution >= 0.6 is 0 Å². The third-order valence-electron chi connectivity index (χ3n) is 4.44. The van der Waals surface area contributed by atoms with Crippen LogP contribution in [0.1, 0.15) is 42.0 Å². The van der Waals surface area contributed by atoms with Gasteiger partial charge in [-0.2, -0.15) is 13.2 Å². The average molecular weight is 380 g/mol. The molecular weight excluding hydrogens is 364 g/mol. The molecule has 1 aliphatic rings. The van der Waals surface area contributed by atoms with Crippen LogP contribution in [0.15, 0.2) is 42.5 Å². The highest BCUT2D eigenvalue weighted by molar-refractivity contribution is 6.01. The summed E-state index contributed by atoms with van der Waals surface area (Å²) < 4.78 is 52.0. The molecule has 0 aliphatic carbocycles. The van der Waals surface area contributed by atoms with E-state index in [-0.39, 0.29) is 17.7 Å². The van der Waals surface area contributed by atoms with Crippen molar-refractivity contribution >= 4 is 17.5 Å². The molecule has 27 heavy (non-hydrogen) atoms. The average Bonchev–Trinajstić information content (AvgIpc) is 2.59. The van der Waals surface area contributed by atoms with Crippen molar-refractivity contribution in [3.8, 4) is 0 Å². The van der Waals surface area contributed by atoms with Crippen molar-refractivity contribution in [3.63, 3.8) is 0 Å². The van der Waals surface area contributed by atoms with Gasteiger partial charge in [0.1, 0.15) is 5.82 Å². The fourth-order valence-electron chi connectivity index (χ4n) is 3.05. The molecule has 0 fully saturated rings. The number of amides is 2. The lowest BCUT2D eigenvalue weighted by atomic mass is 9.89. The van der Waals surface area contributed by atoms with Gasteiger partial charge in [-0.3, -0.25) is 9.59 Å². The highest BCUT2D eigenvalue weighted by atomic mass is 19.4. The Bertz CT molecular complexity index is 896. The number of carbonyl (C=O) groups excluding carboxylic acids is 2. The molecule has 142 valence electrons. The highest BCUT2D eigenvalue weighted by Crippen LogP contribution is 2.34. The number of anilines is 1. The first-order valence-electron chi connectivity index (χ1n) is 8.22. The van der Waals surface area contributed by atoms with Gasteiger partial charge in [0.05, 0.1) is 17.5 Å². The lowest BCUT2D eigenvalue weighted by molar-refractivity contribution is -0.137. The molecule has 0 spiro atoms. The number of hydrogen-bond acceptors (Lipinski definition) is 2. The summed E-state index contributed by atoms with van der Waals surface area (Å²) in [6.45, 7) is 1.56. The minimum atomic E-state index is -4.48. The van der Waals surface area contributed by atoms with Crippen LogP contribution in [0.2, 0.25) is 0 Å². The molecule has 2 unspecified atom stereocenters. The molecule has 2 N–H and O–H groups in total. The summed E-state index contributed by atoms with van der Waals surface area (Å²) in [6.07, 6.45) is -4.61. The third-order valence-corrected chi connectivity index (χ3v) is 4.44. The Morgan fingerprint density at radius 2 is 1.96 bits per heavy atom. The van der Waals surface area contributed by atoms with E-state index in [1.54, 1.807) is 6.92 Å². The van der Waals surface area contributed by atoms with E-state index in [0.29, 0.717) is 5.56 Å². The minimum Gasteiger partial charge on any atom is -0.349 e. The summed E-state index contributed by atoms with van der Waals surface area (Å²) in [6, 6.07) is 7.72. The van der Waals surface area contributed by atoms with E-state index in [0.717, 1.165) is 18.2 Å². The zero-order valence-electron chi connectivity index (χ0n) is 14.2. The molecule has 0 saturated heterocycles. The molecule has 2 amide bonds. The summed E-state index contributed by atoms with van der Waals surface area (Å²) in [5.41, 5.74) is 0.166. The van der Waals surface area contributed by atoms with E-state index >= 15 is 0 Å². The summed E-state index contributed by atoms with van der Waals surface area (Å²) in [7, 11) is 0. The first-order chi connectivity index (χ1) is 12.6. The summed E-state index contributed by atoms with van der Waals surface area (Å²) in [5, 5.41) is 5.15. The zero-order chi connectivity index (χ0) is 19.8. The van der Waals surface area contributed by atoms with Crippen LogP contribution in [-0.2, 0) is 15.8 Å². The number of nitrogens with one attached hydrogen (secondary N) is 2. The second kappa shape index (κ2) is 7.02. The maximum Gasteiger partial charge on any atom is 0.416 e. The van der Waals surface area contributed by atoms with Gasteiger partial charge < -0.3 is 10.6 Å². The maximum absolute atomic E-state index is 13.4. The van der Waals surface area contributed by atoms with Gasteiger partial charge in [-0.25, -0.2) is 4.39 Å². The highest BCUT2D eigenvalue weighted by Gasteiger charge is 2.33. The predicted octanol–water partition coefficient (Wildman–Crippen LogP) is 4.15. The van der Waals surface area contributed by atoms with Crippen molar-refractivity contribution < 1.29 is 27.2 Å². The standard InChI is InChI=1S/C19H16F4N2O2/c1-10(11-3-2-4-12(7-11)19(21,22)23)24-18(27)15-9-17(26)25-16-8-13(20)5-6-14(15)16/h2-8,10,15H,9H2,1H3,(H,24,27)(H,25,26). The first-order valence-corrected chi connectivity index (χ1v) is 8.22. The van der Waals surface area contributed by atoms with Crippen LogP contribution in [-0.4, -0.2) is 11.8 Å².